The second-order valence-electron chi connectivity index (χ2n) is 7.68. The molecule has 0 saturated heterocycles. The lowest BCUT2D eigenvalue weighted by atomic mass is 9.79. The van der Waals surface area contributed by atoms with E-state index in [1.165, 1.54) is 35.6 Å². The van der Waals surface area contributed by atoms with Crippen molar-refractivity contribution in [3.8, 4) is 0 Å². The van der Waals surface area contributed by atoms with Crippen molar-refractivity contribution < 1.29 is 44.3 Å². The first-order valence-corrected chi connectivity index (χ1v) is 10.3. The van der Waals surface area contributed by atoms with Crippen molar-refractivity contribution in [1.29, 1.82) is 0 Å². The van der Waals surface area contributed by atoms with Gasteiger partial charge in [0.05, 0.1) is 16.3 Å². The maximum Gasteiger partial charge on any atom is 0.463 e. The number of carbonyl (C=O) groups excluding carboxylic acids is 1. The number of nitrogens with zero attached hydrogens (tertiary/aromatic N) is 1. The molecule has 3 nitrogen and oxygen atoms in total. The van der Waals surface area contributed by atoms with Gasteiger partial charge in [-0.3, -0.25) is 9.78 Å². The monoisotopic (exact) mass is 540 g/mol. The average molecular weight is 541 g/mol. The Kier molecular flexibility index (Phi) is 7.31. The fourth-order valence-electron chi connectivity index (χ4n) is 3.45. The van der Waals surface area contributed by atoms with Crippen LogP contribution in [0.4, 0.5) is 39.5 Å². The van der Waals surface area contributed by atoms with Crippen molar-refractivity contribution in [2.75, 3.05) is 0 Å². The summed E-state index contributed by atoms with van der Waals surface area (Å²) in [6.07, 6.45) is -11.2. The van der Waals surface area contributed by atoms with Crippen LogP contribution in [0.1, 0.15) is 22.4 Å². The Balaban J connectivity index is 2.36. The van der Waals surface area contributed by atoms with Crippen LogP contribution in [0.5, 0.6) is 0 Å². The first-order valence-electron chi connectivity index (χ1n) is 9.87. The summed E-state index contributed by atoms with van der Waals surface area (Å²) < 4.78 is 122. The van der Waals surface area contributed by atoms with Crippen molar-refractivity contribution in [1.82, 2.24) is 10.3 Å². The molecule has 1 N–H and O–H groups in total. The fourth-order valence-corrected chi connectivity index (χ4v) is 3.56. The van der Waals surface area contributed by atoms with Gasteiger partial charge >= 0.3 is 24.2 Å². The Labute approximate surface area is 202 Å². The van der Waals surface area contributed by atoms with Crippen molar-refractivity contribution in [3.05, 3.63) is 100 Å². The van der Waals surface area contributed by atoms with E-state index in [1.54, 1.807) is 0 Å². The minimum absolute atomic E-state index is 0.0190. The number of benzene rings is 2. The zero-order valence-electron chi connectivity index (χ0n) is 17.7. The van der Waals surface area contributed by atoms with Gasteiger partial charge in [0, 0.05) is 12.6 Å². The van der Waals surface area contributed by atoms with E-state index in [4.69, 9.17) is 11.6 Å². The first-order chi connectivity index (χ1) is 16.6. The number of amides is 1. The van der Waals surface area contributed by atoms with Crippen LogP contribution < -0.4 is 5.32 Å². The van der Waals surface area contributed by atoms with Crippen LogP contribution >= 0.6 is 11.6 Å². The molecule has 0 bridgehead atoms. The fraction of sp³-hybridized carbons (Fsp3) is 0.217. The maximum atomic E-state index is 14.4. The van der Waals surface area contributed by atoms with Crippen LogP contribution in [-0.2, 0) is 22.9 Å². The Morgan fingerprint density at radius 2 is 1.47 bits per heavy atom. The highest BCUT2D eigenvalue weighted by Crippen LogP contribution is 2.41. The van der Waals surface area contributed by atoms with Gasteiger partial charge in [-0.05, 0) is 41.5 Å². The van der Waals surface area contributed by atoms with Gasteiger partial charge in [0.2, 0.25) is 0 Å². The molecule has 3 aromatic rings. The van der Waals surface area contributed by atoms with Crippen molar-refractivity contribution in [2.45, 2.75) is 30.2 Å². The number of nitrogens with one attached hydrogen (secondary N) is 1. The topological polar surface area (TPSA) is 42.0 Å². The molecule has 0 aliphatic heterocycles. The van der Waals surface area contributed by atoms with E-state index in [9.17, 15) is 44.3 Å². The summed E-state index contributed by atoms with van der Waals surface area (Å²) in [5.41, 5.74) is -5.25. The molecule has 1 atom stereocenters. The molecule has 36 heavy (non-hydrogen) atoms. The SMILES string of the molecule is O=C(N[C@@](Cc1ccccc1)(c1cc(F)cc(C(F)(F)F)c1)c1ccc(Cl)cn1)C(F)(F)C(F)(F)F. The van der Waals surface area contributed by atoms with E-state index in [1.807, 2.05) is 0 Å². The van der Waals surface area contributed by atoms with Crippen molar-refractivity contribution in [3.63, 3.8) is 0 Å². The smallest absolute Gasteiger partial charge is 0.335 e. The molecular weight excluding hydrogens is 527 g/mol. The Morgan fingerprint density at radius 3 is 2.00 bits per heavy atom. The number of rotatable bonds is 6. The first kappa shape index (κ1) is 27.3. The predicted molar refractivity (Wildman–Crippen MR) is 111 cm³/mol. The van der Waals surface area contributed by atoms with Crippen LogP contribution in [0.25, 0.3) is 0 Å². The van der Waals surface area contributed by atoms with Crippen molar-refractivity contribution >= 4 is 17.5 Å². The Morgan fingerprint density at radius 1 is 0.861 bits per heavy atom. The highest BCUT2D eigenvalue weighted by molar-refractivity contribution is 6.30. The molecular formula is C23H14ClF9N2O. The van der Waals surface area contributed by atoms with Crippen LogP contribution in [0.3, 0.4) is 0 Å². The second kappa shape index (κ2) is 9.64. The largest absolute Gasteiger partial charge is 0.463 e. The third-order valence-electron chi connectivity index (χ3n) is 5.16. The summed E-state index contributed by atoms with van der Waals surface area (Å²) in [6, 6.07) is 10.3. The number of alkyl halides is 8. The quantitative estimate of drug-likeness (QED) is 0.354. The molecule has 0 aliphatic rings. The summed E-state index contributed by atoms with van der Waals surface area (Å²) in [5.74, 6) is -10.3. The van der Waals surface area contributed by atoms with Crippen molar-refractivity contribution in [2.24, 2.45) is 0 Å². The maximum absolute atomic E-state index is 14.4. The third-order valence-corrected chi connectivity index (χ3v) is 5.39. The molecule has 192 valence electrons. The minimum Gasteiger partial charge on any atom is -0.335 e. The summed E-state index contributed by atoms with van der Waals surface area (Å²) in [5, 5.41) is 1.52. The number of aromatic nitrogens is 1. The standard InChI is InChI=1S/C23H14ClF9N2O/c24-16-6-7-18(34-12-16)20(11-13-4-2-1-3-5-13,35-19(36)21(26,27)23(31,32)33)14-8-15(22(28,29)30)10-17(25)9-14/h1-10,12H,11H2,(H,35,36)/t20-/m0/s1. The third kappa shape index (κ3) is 5.58. The van der Waals surface area contributed by atoms with Gasteiger partial charge in [-0.25, -0.2) is 4.39 Å². The van der Waals surface area contributed by atoms with E-state index >= 15 is 0 Å². The van der Waals surface area contributed by atoms with Crippen LogP contribution in [-0.4, -0.2) is 23.0 Å². The van der Waals surface area contributed by atoms with E-state index in [-0.39, 0.29) is 16.7 Å². The van der Waals surface area contributed by atoms with E-state index < -0.39 is 58.8 Å². The predicted octanol–water partition coefficient (Wildman–Crippen LogP) is 6.69. The van der Waals surface area contributed by atoms with E-state index in [0.29, 0.717) is 12.1 Å². The Hall–Kier alpha value is -3.28. The molecule has 0 spiro atoms. The second-order valence-corrected chi connectivity index (χ2v) is 8.12. The van der Waals surface area contributed by atoms with Crippen LogP contribution in [0.15, 0.2) is 66.9 Å². The lowest BCUT2D eigenvalue weighted by molar-refractivity contribution is -0.270. The lowest BCUT2D eigenvalue weighted by Crippen LogP contribution is -2.58. The van der Waals surface area contributed by atoms with Gasteiger partial charge in [-0.15, -0.1) is 0 Å². The molecule has 2 aromatic carbocycles. The van der Waals surface area contributed by atoms with E-state index in [0.717, 1.165) is 18.3 Å². The van der Waals surface area contributed by atoms with Crippen LogP contribution in [0.2, 0.25) is 5.02 Å². The van der Waals surface area contributed by atoms with Gasteiger partial charge in [0.1, 0.15) is 11.4 Å². The number of hydrogen-bond donors (Lipinski definition) is 1. The molecule has 13 heteroatoms. The summed E-state index contributed by atoms with van der Waals surface area (Å²) >= 11 is 5.79. The molecule has 0 saturated carbocycles. The molecule has 0 radical (unpaired) electrons. The highest BCUT2D eigenvalue weighted by atomic mass is 35.5. The van der Waals surface area contributed by atoms with Crippen LogP contribution in [0, 0.1) is 5.82 Å². The molecule has 0 aliphatic carbocycles. The number of carbonyl (C=O) groups is 1. The molecule has 1 heterocycles. The molecule has 0 fully saturated rings. The summed E-state index contributed by atoms with van der Waals surface area (Å²) in [7, 11) is 0. The molecule has 0 unspecified atom stereocenters. The Bertz CT molecular complexity index is 1230. The molecule has 3 rings (SSSR count). The van der Waals surface area contributed by atoms with Gasteiger partial charge < -0.3 is 5.32 Å². The zero-order chi connectivity index (χ0) is 26.9. The van der Waals surface area contributed by atoms with Gasteiger partial charge in [-0.2, -0.15) is 35.1 Å². The van der Waals surface area contributed by atoms with E-state index in [2.05, 4.69) is 4.98 Å². The highest BCUT2D eigenvalue weighted by Gasteiger charge is 2.64. The lowest BCUT2D eigenvalue weighted by Gasteiger charge is -2.37. The average Bonchev–Trinajstić information content (AvgIpc) is 2.78. The number of pyridine rings is 1. The minimum atomic E-state index is -6.33. The normalized spacial score (nSPS) is 14.3. The van der Waals surface area contributed by atoms with Gasteiger partial charge in [-0.1, -0.05) is 41.9 Å². The van der Waals surface area contributed by atoms with Gasteiger partial charge in [0.25, 0.3) is 0 Å². The van der Waals surface area contributed by atoms with Gasteiger partial charge in [0.15, 0.2) is 0 Å². The summed E-state index contributed by atoms with van der Waals surface area (Å²) in [6.45, 7) is 0. The molecule has 1 amide bonds. The summed E-state index contributed by atoms with van der Waals surface area (Å²) in [4.78, 5) is 16.2. The molecule has 1 aromatic heterocycles. The number of hydrogen-bond acceptors (Lipinski definition) is 2. The zero-order valence-corrected chi connectivity index (χ0v) is 18.4. The number of halogens is 10.